The van der Waals surface area contributed by atoms with Crippen LogP contribution in [0.15, 0.2) is 77.3 Å². The molecule has 1 amide bonds. The van der Waals surface area contributed by atoms with Crippen molar-refractivity contribution >= 4 is 29.2 Å². The van der Waals surface area contributed by atoms with Gasteiger partial charge in [-0.3, -0.25) is 9.69 Å². The number of esters is 1. The van der Waals surface area contributed by atoms with Crippen LogP contribution in [-0.4, -0.2) is 23.6 Å². The maximum atomic E-state index is 13.4. The number of benzene rings is 2. The summed E-state index contributed by atoms with van der Waals surface area (Å²) in [5.74, 6) is -2.29. The molecular formula is C22H21ClN2O4. The van der Waals surface area contributed by atoms with Gasteiger partial charge in [-0.1, -0.05) is 41.9 Å². The van der Waals surface area contributed by atoms with Gasteiger partial charge in [-0.2, -0.15) is 0 Å². The molecule has 0 fully saturated rings. The van der Waals surface area contributed by atoms with Gasteiger partial charge in [-0.05, 0) is 43.7 Å². The predicted octanol–water partition coefficient (Wildman–Crippen LogP) is 4.04. The zero-order valence-electron chi connectivity index (χ0n) is 16.1. The number of halogens is 1. The van der Waals surface area contributed by atoms with Gasteiger partial charge >= 0.3 is 5.97 Å². The van der Waals surface area contributed by atoms with Crippen LogP contribution in [0, 0.1) is 0 Å². The summed E-state index contributed by atoms with van der Waals surface area (Å²) in [6.45, 7) is 3.23. The summed E-state index contributed by atoms with van der Waals surface area (Å²) in [4.78, 5) is 27.5. The van der Waals surface area contributed by atoms with Crippen LogP contribution in [0.1, 0.15) is 25.3 Å². The third-order valence-corrected chi connectivity index (χ3v) is 4.88. The quantitative estimate of drug-likeness (QED) is 0.449. The summed E-state index contributed by atoms with van der Waals surface area (Å²) in [5, 5.41) is 10.9. The van der Waals surface area contributed by atoms with Crippen LogP contribution >= 0.6 is 11.6 Å². The highest BCUT2D eigenvalue weighted by molar-refractivity contribution is 6.30. The first-order valence-corrected chi connectivity index (χ1v) is 9.46. The van der Waals surface area contributed by atoms with Crippen molar-refractivity contribution in [1.29, 1.82) is 0 Å². The molecule has 3 N–H and O–H groups in total. The van der Waals surface area contributed by atoms with Gasteiger partial charge in [0.1, 0.15) is 5.82 Å². The molecule has 0 aromatic heterocycles. The number of rotatable bonds is 4. The van der Waals surface area contributed by atoms with E-state index in [1.807, 2.05) is 0 Å². The normalized spacial score (nSPS) is 18.7. The molecule has 0 saturated heterocycles. The minimum Gasteiger partial charge on any atom is -0.512 e. The molecular weight excluding hydrogens is 392 g/mol. The molecule has 0 bridgehead atoms. The monoisotopic (exact) mass is 412 g/mol. The number of carbonyl (C=O) groups is 2. The number of nitrogens with zero attached hydrogens (tertiary/aromatic N) is 1. The first-order chi connectivity index (χ1) is 13.9. The second-order valence-corrected chi connectivity index (χ2v) is 6.92. The van der Waals surface area contributed by atoms with Crippen molar-refractivity contribution in [3.63, 3.8) is 0 Å². The van der Waals surface area contributed by atoms with Crippen molar-refractivity contribution in [3.05, 3.63) is 87.9 Å². The van der Waals surface area contributed by atoms with Crippen LogP contribution in [0.5, 0.6) is 0 Å². The molecule has 6 nitrogen and oxygen atoms in total. The van der Waals surface area contributed by atoms with E-state index in [0.717, 1.165) is 0 Å². The molecule has 29 heavy (non-hydrogen) atoms. The fraction of sp³-hybridized carbons (Fsp3) is 0.182. The molecule has 3 rings (SSSR count). The van der Waals surface area contributed by atoms with E-state index in [1.54, 1.807) is 61.5 Å². The van der Waals surface area contributed by atoms with E-state index in [4.69, 9.17) is 22.1 Å². The van der Waals surface area contributed by atoms with Crippen molar-refractivity contribution in [2.24, 2.45) is 5.73 Å². The smallest absolute Gasteiger partial charge is 0.338 e. The Morgan fingerprint density at radius 3 is 2.34 bits per heavy atom. The van der Waals surface area contributed by atoms with E-state index in [-0.39, 0.29) is 29.3 Å². The number of hydrogen-bond donors (Lipinski definition) is 2. The van der Waals surface area contributed by atoms with E-state index >= 15 is 0 Å². The largest absolute Gasteiger partial charge is 0.512 e. The summed E-state index contributed by atoms with van der Waals surface area (Å²) in [7, 11) is 0. The zero-order chi connectivity index (χ0) is 21.1. The number of hydrogen-bond acceptors (Lipinski definition) is 5. The highest BCUT2D eigenvalue weighted by Gasteiger charge is 2.43. The van der Waals surface area contributed by atoms with Gasteiger partial charge in [-0.15, -0.1) is 0 Å². The first-order valence-electron chi connectivity index (χ1n) is 9.08. The predicted molar refractivity (Wildman–Crippen MR) is 111 cm³/mol. The first kappa shape index (κ1) is 20.5. The number of para-hydroxylation sites is 1. The maximum Gasteiger partial charge on any atom is 0.338 e. The lowest BCUT2D eigenvalue weighted by molar-refractivity contribution is -0.138. The molecule has 150 valence electrons. The molecule has 7 heteroatoms. The number of nitrogens with two attached hydrogens (primary N) is 1. The molecule has 1 aliphatic rings. The van der Waals surface area contributed by atoms with E-state index in [0.29, 0.717) is 16.3 Å². The van der Waals surface area contributed by atoms with Gasteiger partial charge in [0.15, 0.2) is 0 Å². The molecule has 1 aliphatic heterocycles. The SMILES string of the molecule is CCOC(=O)C1=C(N)N(c2ccccc2)C(=O)/C(=C(\C)O)C1c1ccc(Cl)cc1. The molecule has 1 heterocycles. The number of amides is 1. The van der Waals surface area contributed by atoms with Crippen LogP contribution in [0.25, 0.3) is 0 Å². The molecule has 0 radical (unpaired) electrons. The highest BCUT2D eigenvalue weighted by Crippen LogP contribution is 2.42. The Balaban J connectivity index is 2.31. The Morgan fingerprint density at radius 1 is 1.17 bits per heavy atom. The van der Waals surface area contributed by atoms with Crippen LogP contribution in [0.2, 0.25) is 5.02 Å². The van der Waals surface area contributed by atoms with Gasteiger partial charge in [0, 0.05) is 5.02 Å². The average molecular weight is 413 g/mol. The number of ether oxygens (including phenoxy) is 1. The van der Waals surface area contributed by atoms with Gasteiger partial charge in [0.05, 0.1) is 35.1 Å². The Bertz CT molecular complexity index is 993. The van der Waals surface area contributed by atoms with Crippen molar-refractivity contribution in [1.82, 2.24) is 0 Å². The highest BCUT2D eigenvalue weighted by atomic mass is 35.5. The van der Waals surface area contributed by atoms with Crippen LogP contribution in [0.3, 0.4) is 0 Å². The van der Waals surface area contributed by atoms with Crippen LogP contribution in [0.4, 0.5) is 5.69 Å². The summed E-state index contributed by atoms with van der Waals surface area (Å²) in [6.07, 6.45) is 0. The second kappa shape index (κ2) is 8.41. The van der Waals surface area contributed by atoms with Crippen LogP contribution in [-0.2, 0) is 14.3 Å². The van der Waals surface area contributed by atoms with Gasteiger partial charge in [0.2, 0.25) is 0 Å². The van der Waals surface area contributed by atoms with Gasteiger partial charge < -0.3 is 15.6 Å². The summed E-state index contributed by atoms with van der Waals surface area (Å²) < 4.78 is 5.23. The number of aliphatic hydroxyl groups is 1. The van der Waals surface area contributed by atoms with E-state index in [9.17, 15) is 14.7 Å². The van der Waals surface area contributed by atoms with E-state index in [2.05, 4.69) is 0 Å². The maximum absolute atomic E-state index is 13.4. The van der Waals surface area contributed by atoms with Gasteiger partial charge in [-0.25, -0.2) is 4.79 Å². The van der Waals surface area contributed by atoms with Crippen LogP contribution < -0.4 is 10.6 Å². The Hall–Kier alpha value is -3.25. The summed E-state index contributed by atoms with van der Waals surface area (Å²) in [5.41, 5.74) is 7.55. The Morgan fingerprint density at radius 2 is 1.79 bits per heavy atom. The lowest BCUT2D eigenvalue weighted by atomic mass is 9.80. The van der Waals surface area contributed by atoms with Crippen molar-refractivity contribution in [2.45, 2.75) is 19.8 Å². The fourth-order valence-electron chi connectivity index (χ4n) is 3.38. The number of anilines is 1. The minimum absolute atomic E-state index is 0.0374. The van der Waals surface area contributed by atoms with Gasteiger partial charge in [0.25, 0.3) is 5.91 Å². The molecule has 1 unspecified atom stereocenters. The lowest BCUT2D eigenvalue weighted by Crippen LogP contribution is -2.44. The molecule has 0 aliphatic carbocycles. The number of aliphatic hydroxyl groups excluding tert-OH is 1. The average Bonchev–Trinajstić information content (AvgIpc) is 2.69. The zero-order valence-corrected chi connectivity index (χ0v) is 16.8. The molecule has 0 spiro atoms. The molecule has 2 aromatic carbocycles. The molecule has 0 saturated carbocycles. The van der Waals surface area contributed by atoms with Crippen molar-refractivity contribution < 1.29 is 19.4 Å². The van der Waals surface area contributed by atoms with E-state index < -0.39 is 17.8 Å². The number of carbonyl (C=O) groups excluding carboxylic acids is 2. The topological polar surface area (TPSA) is 92.9 Å². The summed E-state index contributed by atoms with van der Waals surface area (Å²) in [6, 6.07) is 15.4. The molecule has 2 aromatic rings. The Kier molecular flexibility index (Phi) is 5.94. The minimum atomic E-state index is -0.885. The van der Waals surface area contributed by atoms with Crippen molar-refractivity contribution in [3.8, 4) is 0 Å². The number of allylic oxidation sites excluding steroid dienone is 1. The lowest BCUT2D eigenvalue weighted by Gasteiger charge is -2.35. The standard InChI is InChI=1S/C22H21ClN2O4/c1-3-29-22(28)19-18(14-9-11-15(23)12-10-14)17(13(2)26)21(27)25(20(19)24)16-7-5-4-6-8-16/h4-12,18,26H,3,24H2,1-2H3/b17-13+. The second-order valence-electron chi connectivity index (χ2n) is 6.48. The summed E-state index contributed by atoms with van der Waals surface area (Å²) >= 11 is 5.99. The third kappa shape index (κ3) is 3.84. The Labute approximate surface area is 173 Å². The van der Waals surface area contributed by atoms with E-state index in [1.165, 1.54) is 11.8 Å². The third-order valence-electron chi connectivity index (χ3n) is 4.63. The fourth-order valence-corrected chi connectivity index (χ4v) is 3.51. The van der Waals surface area contributed by atoms with Crippen molar-refractivity contribution in [2.75, 3.05) is 11.5 Å². The molecule has 1 atom stereocenters.